The minimum Gasteiger partial charge on any atom is -0.321 e. The summed E-state index contributed by atoms with van der Waals surface area (Å²) in [7, 11) is 0. The fourth-order valence-corrected chi connectivity index (χ4v) is 2.95. The largest absolute Gasteiger partial charge is 0.321 e. The molecule has 2 rings (SSSR count). The first-order valence-corrected chi connectivity index (χ1v) is 8.34. The van der Waals surface area contributed by atoms with Crippen LogP contribution in [0.15, 0.2) is 29.2 Å². The number of carbonyl (C=O) groups excluding carboxylic acids is 1. The summed E-state index contributed by atoms with van der Waals surface area (Å²) in [4.78, 5) is 17.6. The van der Waals surface area contributed by atoms with Crippen LogP contribution in [-0.4, -0.2) is 54.3 Å². The number of hydrogen-bond acceptors (Lipinski definition) is 3. The number of nitrogens with one attached hydrogen (secondary N) is 1. The Bertz CT molecular complexity index is 456. The SMILES string of the molecule is CCN(CC)C1CN(C(=O)Nc2cccc(SC)c2)C1. The Balaban J connectivity index is 1.85. The Morgan fingerprint density at radius 3 is 2.70 bits per heavy atom. The fraction of sp³-hybridized carbons (Fsp3) is 0.533. The lowest BCUT2D eigenvalue weighted by molar-refractivity contribution is 0.0685. The van der Waals surface area contributed by atoms with Crippen molar-refractivity contribution >= 4 is 23.5 Å². The van der Waals surface area contributed by atoms with Gasteiger partial charge in [-0.15, -0.1) is 11.8 Å². The molecule has 2 amide bonds. The van der Waals surface area contributed by atoms with Crippen molar-refractivity contribution in [2.45, 2.75) is 24.8 Å². The second kappa shape index (κ2) is 6.99. The summed E-state index contributed by atoms with van der Waals surface area (Å²) < 4.78 is 0. The van der Waals surface area contributed by atoms with Crippen LogP contribution >= 0.6 is 11.8 Å². The van der Waals surface area contributed by atoms with Gasteiger partial charge in [-0.1, -0.05) is 19.9 Å². The number of carbonyl (C=O) groups is 1. The minimum atomic E-state index is 0.00617. The average molecular weight is 293 g/mol. The van der Waals surface area contributed by atoms with Crippen molar-refractivity contribution in [3.63, 3.8) is 0 Å². The second-order valence-electron chi connectivity index (χ2n) is 4.94. The first-order chi connectivity index (χ1) is 9.67. The second-order valence-corrected chi connectivity index (χ2v) is 5.82. The van der Waals surface area contributed by atoms with Gasteiger partial charge in [0.1, 0.15) is 0 Å². The lowest BCUT2D eigenvalue weighted by Gasteiger charge is -2.44. The van der Waals surface area contributed by atoms with Crippen LogP contribution in [0.1, 0.15) is 13.8 Å². The van der Waals surface area contributed by atoms with E-state index in [-0.39, 0.29) is 6.03 Å². The maximum atomic E-state index is 12.1. The van der Waals surface area contributed by atoms with E-state index in [1.54, 1.807) is 11.8 Å². The smallest absolute Gasteiger partial charge is 0.321 e. The van der Waals surface area contributed by atoms with Gasteiger partial charge in [-0.2, -0.15) is 0 Å². The predicted molar refractivity (Wildman–Crippen MR) is 85.5 cm³/mol. The van der Waals surface area contributed by atoms with Gasteiger partial charge < -0.3 is 10.2 Å². The van der Waals surface area contributed by atoms with E-state index in [0.29, 0.717) is 6.04 Å². The molecule has 0 radical (unpaired) electrons. The molecule has 0 saturated carbocycles. The molecular weight excluding hydrogens is 270 g/mol. The van der Waals surface area contributed by atoms with E-state index in [4.69, 9.17) is 0 Å². The number of thioether (sulfide) groups is 1. The van der Waals surface area contributed by atoms with Gasteiger partial charge in [0.15, 0.2) is 0 Å². The van der Waals surface area contributed by atoms with E-state index in [9.17, 15) is 4.79 Å². The van der Waals surface area contributed by atoms with Crippen LogP contribution in [0.5, 0.6) is 0 Å². The summed E-state index contributed by atoms with van der Waals surface area (Å²) in [6.07, 6.45) is 2.03. The lowest BCUT2D eigenvalue weighted by Crippen LogP contribution is -2.61. The van der Waals surface area contributed by atoms with E-state index in [1.165, 1.54) is 0 Å². The van der Waals surface area contributed by atoms with E-state index >= 15 is 0 Å². The van der Waals surface area contributed by atoms with Crippen LogP contribution < -0.4 is 5.32 Å². The highest BCUT2D eigenvalue weighted by atomic mass is 32.2. The molecular formula is C15H23N3OS. The van der Waals surface area contributed by atoms with Crippen molar-refractivity contribution in [3.05, 3.63) is 24.3 Å². The molecule has 0 aromatic heterocycles. The van der Waals surface area contributed by atoms with Crippen molar-refractivity contribution in [1.29, 1.82) is 0 Å². The molecule has 0 unspecified atom stereocenters. The van der Waals surface area contributed by atoms with Crippen molar-refractivity contribution in [2.24, 2.45) is 0 Å². The van der Waals surface area contributed by atoms with Crippen LogP contribution in [-0.2, 0) is 0 Å². The highest BCUT2D eigenvalue weighted by Crippen LogP contribution is 2.21. The van der Waals surface area contributed by atoms with Crippen molar-refractivity contribution in [1.82, 2.24) is 9.80 Å². The van der Waals surface area contributed by atoms with Gasteiger partial charge in [0.25, 0.3) is 0 Å². The summed E-state index contributed by atoms with van der Waals surface area (Å²) in [5.41, 5.74) is 0.869. The van der Waals surface area contributed by atoms with Gasteiger partial charge in [0, 0.05) is 29.7 Å². The Labute approximate surface area is 125 Å². The summed E-state index contributed by atoms with van der Waals surface area (Å²) in [6, 6.07) is 8.47. The van der Waals surface area contributed by atoms with Crippen LogP contribution in [0, 0.1) is 0 Å². The van der Waals surface area contributed by atoms with Crippen LogP contribution in [0.2, 0.25) is 0 Å². The van der Waals surface area contributed by atoms with Gasteiger partial charge in [-0.05, 0) is 37.5 Å². The molecule has 4 nitrogen and oxygen atoms in total. The molecule has 1 N–H and O–H groups in total. The normalized spacial score (nSPS) is 15.3. The van der Waals surface area contributed by atoms with Crippen molar-refractivity contribution < 1.29 is 4.79 Å². The van der Waals surface area contributed by atoms with E-state index in [1.807, 2.05) is 35.4 Å². The molecule has 1 saturated heterocycles. The quantitative estimate of drug-likeness (QED) is 0.848. The zero-order valence-electron chi connectivity index (χ0n) is 12.4. The number of likely N-dealkylation sites (N-methyl/N-ethyl adjacent to an activating group) is 1. The first-order valence-electron chi connectivity index (χ1n) is 7.12. The minimum absolute atomic E-state index is 0.00617. The number of urea groups is 1. The number of benzene rings is 1. The Morgan fingerprint density at radius 1 is 1.40 bits per heavy atom. The molecule has 110 valence electrons. The zero-order valence-corrected chi connectivity index (χ0v) is 13.2. The lowest BCUT2D eigenvalue weighted by atomic mass is 10.1. The third kappa shape index (κ3) is 3.46. The summed E-state index contributed by atoms with van der Waals surface area (Å²) >= 11 is 1.68. The molecule has 0 bridgehead atoms. The Kier molecular flexibility index (Phi) is 5.31. The number of likely N-dealkylation sites (tertiary alicyclic amines) is 1. The number of amides is 2. The molecule has 1 heterocycles. The molecule has 0 atom stereocenters. The van der Waals surface area contributed by atoms with Gasteiger partial charge in [0.05, 0.1) is 0 Å². The van der Waals surface area contributed by atoms with Crippen LogP contribution in [0.3, 0.4) is 0 Å². The van der Waals surface area contributed by atoms with E-state index < -0.39 is 0 Å². The molecule has 1 fully saturated rings. The average Bonchev–Trinajstić information content (AvgIpc) is 2.42. The molecule has 0 spiro atoms. The summed E-state index contributed by atoms with van der Waals surface area (Å²) in [5, 5.41) is 2.97. The Morgan fingerprint density at radius 2 is 2.10 bits per heavy atom. The first kappa shape index (κ1) is 15.2. The third-order valence-electron chi connectivity index (χ3n) is 3.80. The summed E-state index contributed by atoms with van der Waals surface area (Å²) in [6.45, 7) is 8.09. The molecule has 1 aromatic rings. The maximum Gasteiger partial charge on any atom is 0.321 e. The molecule has 1 aliphatic rings. The topological polar surface area (TPSA) is 35.6 Å². The van der Waals surface area contributed by atoms with Crippen molar-refractivity contribution in [2.75, 3.05) is 37.8 Å². The number of hydrogen-bond donors (Lipinski definition) is 1. The number of nitrogens with zero attached hydrogens (tertiary/aromatic N) is 2. The van der Waals surface area contributed by atoms with Crippen molar-refractivity contribution in [3.8, 4) is 0 Å². The third-order valence-corrected chi connectivity index (χ3v) is 4.52. The summed E-state index contributed by atoms with van der Waals surface area (Å²) in [5.74, 6) is 0. The molecule has 1 aliphatic heterocycles. The van der Waals surface area contributed by atoms with Gasteiger partial charge in [-0.3, -0.25) is 4.90 Å². The maximum absolute atomic E-state index is 12.1. The Hall–Kier alpha value is -1.20. The molecule has 5 heteroatoms. The monoisotopic (exact) mass is 293 g/mol. The van der Waals surface area contributed by atoms with Crippen LogP contribution in [0.25, 0.3) is 0 Å². The fourth-order valence-electron chi connectivity index (χ4n) is 2.50. The molecule has 1 aromatic carbocycles. The zero-order chi connectivity index (χ0) is 14.5. The van der Waals surface area contributed by atoms with Gasteiger partial charge in [0.2, 0.25) is 0 Å². The standard InChI is InChI=1S/C15H23N3OS/c1-4-17(5-2)13-10-18(11-13)15(19)16-12-7-6-8-14(9-12)20-3/h6-9,13H,4-5,10-11H2,1-3H3,(H,16,19). The molecule has 0 aliphatic carbocycles. The number of rotatable bonds is 5. The van der Waals surface area contributed by atoms with E-state index in [0.717, 1.165) is 36.8 Å². The van der Waals surface area contributed by atoms with E-state index in [2.05, 4.69) is 24.1 Å². The highest BCUT2D eigenvalue weighted by Gasteiger charge is 2.33. The van der Waals surface area contributed by atoms with Gasteiger partial charge in [-0.25, -0.2) is 4.79 Å². The molecule has 20 heavy (non-hydrogen) atoms. The predicted octanol–water partition coefficient (Wildman–Crippen LogP) is 2.97. The van der Waals surface area contributed by atoms with Crippen LogP contribution in [0.4, 0.5) is 10.5 Å². The van der Waals surface area contributed by atoms with Gasteiger partial charge >= 0.3 is 6.03 Å². The highest BCUT2D eigenvalue weighted by molar-refractivity contribution is 7.98. The number of anilines is 1.